The topological polar surface area (TPSA) is 38.7 Å². The van der Waals surface area contributed by atoms with Gasteiger partial charge in [0.25, 0.3) is 0 Å². The number of hydrogen-bond donors (Lipinski definition) is 1. The van der Waals surface area contributed by atoms with Crippen LogP contribution in [0, 0.1) is 5.41 Å². The lowest BCUT2D eigenvalue weighted by Gasteiger charge is -2.46. The van der Waals surface area contributed by atoms with E-state index in [1.165, 1.54) is 5.57 Å². The van der Waals surface area contributed by atoms with E-state index in [1.54, 1.807) is 0 Å². The summed E-state index contributed by atoms with van der Waals surface area (Å²) in [4.78, 5) is 0. The van der Waals surface area contributed by atoms with Gasteiger partial charge in [0, 0.05) is 18.4 Å². The Labute approximate surface area is 91.1 Å². The van der Waals surface area contributed by atoms with Gasteiger partial charge < -0.3 is 14.6 Å². The smallest absolute Gasteiger partial charge is 0.177 e. The molecule has 1 fully saturated rings. The molecule has 2 rings (SSSR count). The molecule has 0 aromatic heterocycles. The molecule has 0 radical (unpaired) electrons. The van der Waals surface area contributed by atoms with E-state index in [9.17, 15) is 0 Å². The van der Waals surface area contributed by atoms with Crippen molar-refractivity contribution in [3.05, 3.63) is 11.6 Å². The average Bonchev–Trinajstić information content (AvgIpc) is 2.64. The van der Waals surface area contributed by atoms with Gasteiger partial charge in [-0.25, -0.2) is 0 Å². The maximum absolute atomic E-state index is 9.06. The van der Waals surface area contributed by atoms with Crippen LogP contribution in [-0.4, -0.2) is 30.7 Å². The molecule has 15 heavy (non-hydrogen) atoms. The van der Waals surface area contributed by atoms with E-state index in [2.05, 4.69) is 19.9 Å². The Bertz CT molecular complexity index is 262. The fraction of sp³-hybridized carbons (Fsp3) is 0.833. The summed E-state index contributed by atoms with van der Waals surface area (Å²) in [6, 6.07) is 0. The Morgan fingerprint density at radius 1 is 1.33 bits per heavy atom. The van der Waals surface area contributed by atoms with Crippen molar-refractivity contribution in [2.45, 2.75) is 38.9 Å². The molecule has 1 heterocycles. The predicted octanol–water partition coefficient (Wildman–Crippen LogP) is 1.86. The molecule has 0 amide bonds. The monoisotopic (exact) mass is 212 g/mol. The molecular formula is C12H20O3. The van der Waals surface area contributed by atoms with Gasteiger partial charge in [0.05, 0.1) is 13.2 Å². The first kappa shape index (κ1) is 11.1. The van der Waals surface area contributed by atoms with Gasteiger partial charge in [-0.1, -0.05) is 25.5 Å². The highest BCUT2D eigenvalue weighted by Gasteiger charge is 2.52. The first-order valence-electron chi connectivity index (χ1n) is 5.71. The summed E-state index contributed by atoms with van der Waals surface area (Å²) >= 11 is 0. The maximum Gasteiger partial charge on any atom is 0.177 e. The summed E-state index contributed by atoms with van der Waals surface area (Å²) in [5.74, 6) is -0.438. The molecule has 3 nitrogen and oxygen atoms in total. The molecule has 0 saturated carbocycles. The lowest BCUT2D eigenvalue weighted by molar-refractivity contribution is -0.224. The van der Waals surface area contributed by atoms with Crippen molar-refractivity contribution in [1.29, 1.82) is 0 Å². The highest BCUT2D eigenvalue weighted by atomic mass is 16.7. The standard InChI is InChI=1S/C12H20O3/c1-11(2)10(5-7-13)4-3-6-12(11)14-8-9-15-12/h4,13H,3,5-9H2,1-2H3. The summed E-state index contributed by atoms with van der Waals surface area (Å²) in [5.41, 5.74) is 1.14. The van der Waals surface area contributed by atoms with Crippen LogP contribution in [0.4, 0.5) is 0 Å². The van der Waals surface area contributed by atoms with Crippen molar-refractivity contribution in [3.8, 4) is 0 Å². The van der Waals surface area contributed by atoms with Crippen LogP contribution in [0.3, 0.4) is 0 Å². The summed E-state index contributed by atoms with van der Waals surface area (Å²) < 4.78 is 11.7. The van der Waals surface area contributed by atoms with Crippen molar-refractivity contribution in [1.82, 2.24) is 0 Å². The van der Waals surface area contributed by atoms with Gasteiger partial charge in [0.15, 0.2) is 5.79 Å². The van der Waals surface area contributed by atoms with E-state index in [4.69, 9.17) is 14.6 Å². The number of allylic oxidation sites excluding steroid dienone is 1. The number of aliphatic hydroxyl groups excluding tert-OH is 1. The molecule has 86 valence electrons. The summed E-state index contributed by atoms with van der Waals surface area (Å²) in [6.45, 7) is 5.88. The second kappa shape index (κ2) is 3.89. The van der Waals surface area contributed by atoms with Crippen LogP contribution >= 0.6 is 0 Å². The zero-order valence-corrected chi connectivity index (χ0v) is 9.58. The van der Waals surface area contributed by atoms with Crippen molar-refractivity contribution >= 4 is 0 Å². The highest BCUT2D eigenvalue weighted by Crippen LogP contribution is 2.50. The van der Waals surface area contributed by atoms with E-state index in [1.807, 2.05) is 0 Å². The second-order valence-corrected chi connectivity index (χ2v) is 4.82. The van der Waals surface area contributed by atoms with Gasteiger partial charge in [0.2, 0.25) is 0 Å². The van der Waals surface area contributed by atoms with E-state index >= 15 is 0 Å². The molecule has 0 atom stereocenters. The predicted molar refractivity (Wildman–Crippen MR) is 57.4 cm³/mol. The van der Waals surface area contributed by atoms with Crippen molar-refractivity contribution in [2.75, 3.05) is 19.8 Å². The minimum Gasteiger partial charge on any atom is -0.396 e. The molecule has 0 aromatic rings. The Balaban J connectivity index is 2.26. The molecule has 1 saturated heterocycles. The van der Waals surface area contributed by atoms with Gasteiger partial charge in [-0.05, 0) is 12.8 Å². The van der Waals surface area contributed by atoms with Crippen LogP contribution in [0.1, 0.15) is 33.1 Å². The molecule has 1 N–H and O–H groups in total. The van der Waals surface area contributed by atoms with E-state index in [0.29, 0.717) is 13.2 Å². The first-order valence-corrected chi connectivity index (χ1v) is 5.71. The van der Waals surface area contributed by atoms with Crippen molar-refractivity contribution < 1.29 is 14.6 Å². The van der Waals surface area contributed by atoms with Gasteiger partial charge in [-0.2, -0.15) is 0 Å². The first-order chi connectivity index (χ1) is 7.12. The minimum absolute atomic E-state index is 0.121. The number of aliphatic hydroxyl groups is 1. The number of hydrogen-bond acceptors (Lipinski definition) is 3. The molecule has 1 spiro atoms. The van der Waals surface area contributed by atoms with Crippen molar-refractivity contribution in [3.63, 3.8) is 0 Å². The molecule has 1 aliphatic heterocycles. The largest absolute Gasteiger partial charge is 0.396 e. The molecule has 0 unspecified atom stereocenters. The zero-order chi connectivity index (χ0) is 10.9. The SMILES string of the molecule is CC1(C)C(CCO)=CCCC12OCCO2. The quantitative estimate of drug-likeness (QED) is 0.710. The summed E-state index contributed by atoms with van der Waals surface area (Å²) in [6.07, 6.45) is 4.86. The van der Waals surface area contributed by atoms with E-state index < -0.39 is 5.79 Å². The van der Waals surface area contributed by atoms with Gasteiger partial charge >= 0.3 is 0 Å². The van der Waals surface area contributed by atoms with Crippen LogP contribution in [0.15, 0.2) is 11.6 Å². The molecule has 0 aromatic carbocycles. The summed E-state index contributed by atoms with van der Waals surface area (Å²) in [5, 5.41) is 9.06. The maximum atomic E-state index is 9.06. The normalized spacial score (nSPS) is 28.1. The lowest BCUT2D eigenvalue weighted by Crippen LogP contribution is -2.48. The molecular weight excluding hydrogens is 192 g/mol. The number of rotatable bonds is 2. The van der Waals surface area contributed by atoms with Crippen molar-refractivity contribution in [2.24, 2.45) is 5.41 Å². The highest BCUT2D eigenvalue weighted by molar-refractivity contribution is 5.21. The zero-order valence-electron chi connectivity index (χ0n) is 9.58. The molecule has 1 aliphatic carbocycles. The Hall–Kier alpha value is -0.380. The van der Waals surface area contributed by atoms with E-state index in [0.717, 1.165) is 19.3 Å². The average molecular weight is 212 g/mol. The van der Waals surface area contributed by atoms with Crippen LogP contribution in [0.2, 0.25) is 0 Å². The van der Waals surface area contributed by atoms with E-state index in [-0.39, 0.29) is 12.0 Å². The molecule has 2 aliphatic rings. The van der Waals surface area contributed by atoms with Gasteiger partial charge in [-0.3, -0.25) is 0 Å². The Kier molecular flexibility index (Phi) is 2.88. The van der Waals surface area contributed by atoms with Crippen LogP contribution < -0.4 is 0 Å². The lowest BCUT2D eigenvalue weighted by atomic mass is 9.69. The van der Waals surface area contributed by atoms with Crippen LogP contribution in [0.25, 0.3) is 0 Å². The molecule has 3 heteroatoms. The third kappa shape index (κ3) is 1.63. The molecule has 0 bridgehead atoms. The third-order valence-electron chi connectivity index (χ3n) is 3.75. The number of ether oxygens (including phenoxy) is 2. The fourth-order valence-corrected chi connectivity index (χ4v) is 2.74. The third-order valence-corrected chi connectivity index (χ3v) is 3.75. The Morgan fingerprint density at radius 2 is 2.00 bits per heavy atom. The fourth-order valence-electron chi connectivity index (χ4n) is 2.74. The van der Waals surface area contributed by atoms with Gasteiger partial charge in [-0.15, -0.1) is 0 Å². The second-order valence-electron chi connectivity index (χ2n) is 4.82. The van der Waals surface area contributed by atoms with Crippen LogP contribution in [-0.2, 0) is 9.47 Å². The van der Waals surface area contributed by atoms with Gasteiger partial charge in [0.1, 0.15) is 0 Å². The minimum atomic E-state index is -0.438. The van der Waals surface area contributed by atoms with Crippen LogP contribution in [0.5, 0.6) is 0 Å². The summed E-state index contributed by atoms with van der Waals surface area (Å²) in [7, 11) is 0. The Morgan fingerprint density at radius 3 is 2.60 bits per heavy atom.